The van der Waals surface area contributed by atoms with Crippen molar-refractivity contribution in [2.45, 2.75) is 84.2 Å². The summed E-state index contributed by atoms with van der Waals surface area (Å²) in [6.45, 7) is 7.14. The van der Waals surface area contributed by atoms with E-state index >= 15 is 0 Å². The minimum absolute atomic E-state index is 0.0527. The number of primary amides is 1. The van der Waals surface area contributed by atoms with Crippen LogP contribution in [0, 0.1) is 6.92 Å². The Labute approximate surface area is 238 Å². The first-order chi connectivity index (χ1) is 19.1. The number of carbonyl (C=O) groups excluding carboxylic acids is 4. The van der Waals surface area contributed by atoms with Crippen molar-refractivity contribution in [2.24, 2.45) is 5.73 Å². The summed E-state index contributed by atoms with van der Waals surface area (Å²) in [5.74, 6) is 1.71. The molecule has 1 aromatic rings. The van der Waals surface area contributed by atoms with Crippen LogP contribution in [0.1, 0.15) is 70.8 Å². The average molecular weight is 565 g/mol. The normalized spacial score (nSPS) is 17.6. The molecule has 0 spiro atoms. The topological polar surface area (TPSA) is 140 Å². The Morgan fingerprint density at radius 3 is 1.82 bits per heavy atom. The molecule has 1 unspecified atom stereocenters. The fraction of sp³-hybridized carbons (Fsp3) is 0.655. The van der Waals surface area contributed by atoms with E-state index in [1.807, 2.05) is 32.9 Å². The van der Waals surface area contributed by atoms with Gasteiger partial charge < -0.3 is 35.1 Å². The number of rotatable bonds is 9. The third kappa shape index (κ3) is 9.91. The predicted molar refractivity (Wildman–Crippen MR) is 153 cm³/mol. The number of ether oxygens (including phenoxy) is 3. The highest BCUT2D eigenvalue weighted by Gasteiger charge is 2.41. The summed E-state index contributed by atoms with van der Waals surface area (Å²) in [7, 11) is 6.40. The molecule has 2 fully saturated rings. The van der Waals surface area contributed by atoms with Crippen molar-refractivity contribution in [3.8, 4) is 17.2 Å². The number of aryl methyl sites for hydroxylation is 1. The Morgan fingerprint density at radius 1 is 0.875 bits per heavy atom. The van der Waals surface area contributed by atoms with Crippen LogP contribution in [0.2, 0.25) is 0 Å². The van der Waals surface area contributed by atoms with Crippen LogP contribution >= 0.6 is 0 Å². The molecule has 2 aliphatic heterocycles. The van der Waals surface area contributed by atoms with Crippen molar-refractivity contribution >= 4 is 23.6 Å². The molecule has 11 nitrogen and oxygen atoms in total. The second-order valence-corrected chi connectivity index (χ2v) is 9.72. The van der Waals surface area contributed by atoms with Crippen LogP contribution < -0.4 is 25.3 Å². The van der Waals surface area contributed by atoms with Crippen molar-refractivity contribution in [1.29, 1.82) is 0 Å². The van der Waals surface area contributed by atoms with Crippen molar-refractivity contribution in [3.63, 3.8) is 0 Å². The maximum absolute atomic E-state index is 12.7. The number of hydrogen-bond acceptors (Lipinski definition) is 7. The monoisotopic (exact) mass is 564 g/mol. The lowest BCUT2D eigenvalue weighted by Gasteiger charge is -2.30. The van der Waals surface area contributed by atoms with Gasteiger partial charge in [0.1, 0.15) is 12.1 Å². The molecule has 3 N–H and O–H groups in total. The van der Waals surface area contributed by atoms with Crippen LogP contribution in [-0.4, -0.2) is 87.0 Å². The van der Waals surface area contributed by atoms with Crippen LogP contribution in [0.3, 0.4) is 0 Å². The van der Waals surface area contributed by atoms with E-state index < -0.39 is 0 Å². The molecule has 3 rings (SSSR count). The molecular formula is C29H48N4O7. The molecule has 2 saturated heterocycles. The zero-order valence-electron chi connectivity index (χ0n) is 25.2. The van der Waals surface area contributed by atoms with Crippen LogP contribution in [0.15, 0.2) is 12.1 Å². The number of hydrogen-bond donors (Lipinski definition) is 2. The minimum atomic E-state index is -0.369. The summed E-state index contributed by atoms with van der Waals surface area (Å²) >= 11 is 0. The molecule has 2 atom stereocenters. The van der Waals surface area contributed by atoms with Crippen molar-refractivity contribution < 1.29 is 33.4 Å². The summed E-state index contributed by atoms with van der Waals surface area (Å²) in [4.78, 5) is 50.0. The van der Waals surface area contributed by atoms with Crippen LogP contribution in [0.4, 0.5) is 0 Å². The van der Waals surface area contributed by atoms with Crippen molar-refractivity contribution in [2.75, 3.05) is 41.5 Å². The standard InChI is InChI=1S/C15H25N3O3.C10H14O3.C4H9NO/c1-3-6-13(19)17-9-5-8-12(17)15(21)18-10-4-7-11(18)14(20)16-2;1-7-5-8(11-2)10(13-4)9(6-7)12-3;1-2-3-4(5)6/h11-12H,3-10H2,1-2H3,(H,16,20);5-6H,1-4H3;2-3H2,1H3,(H2,5,6)/t11?,12-;;/m0../s1. The van der Waals surface area contributed by atoms with Gasteiger partial charge in [0.05, 0.1) is 21.3 Å². The maximum atomic E-state index is 12.7. The van der Waals surface area contributed by atoms with Crippen LogP contribution in [-0.2, 0) is 19.2 Å². The number of amides is 4. The first kappa shape index (κ1) is 34.5. The van der Waals surface area contributed by atoms with Gasteiger partial charge in [-0.1, -0.05) is 13.8 Å². The maximum Gasteiger partial charge on any atom is 0.246 e. The lowest BCUT2D eigenvalue weighted by atomic mass is 10.1. The number of benzene rings is 1. The van der Waals surface area contributed by atoms with Gasteiger partial charge in [-0.15, -0.1) is 0 Å². The van der Waals surface area contributed by atoms with Gasteiger partial charge >= 0.3 is 0 Å². The third-order valence-corrected chi connectivity index (χ3v) is 6.71. The van der Waals surface area contributed by atoms with Gasteiger partial charge in [0.25, 0.3) is 0 Å². The fourth-order valence-electron chi connectivity index (χ4n) is 4.80. The SMILES string of the molecule is CCCC(=O)N1CCC[C@H]1C(=O)N1CCCC1C(=O)NC.CCCC(N)=O.COc1cc(C)cc(OC)c1OC. The van der Waals surface area contributed by atoms with Crippen LogP contribution in [0.25, 0.3) is 0 Å². The van der Waals surface area contributed by atoms with Gasteiger partial charge in [0.2, 0.25) is 29.4 Å². The van der Waals surface area contributed by atoms with Gasteiger partial charge in [0.15, 0.2) is 11.5 Å². The highest BCUT2D eigenvalue weighted by molar-refractivity contribution is 5.92. The van der Waals surface area contributed by atoms with E-state index in [-0.39, 0.29) is 35.7 Å². The number of methoxy groups -OCH3 is 3. The Bertz CT molecular complexity index is 960. The summed E-state index contributed by atoms with van der Waals surface area (Å²) in [5.41, 5.74) is 5.84. The van der Waals surface area contributed by atoms with Gasteiger partial charge in [-0.05, 0) is 63.1 Å². The lowest BCUT2D eigenvalue weighted by molar-refractivity contribution is -0.146. The summed E-state index contributed by atoms with van der Waals surface area (Å²) in [6.07, 6.45) is 5.79. The molecule has 0 radical (unpaired) electrons. The molecule has 40 heavy (non-hydrogen) atoms. The largest absolute Gasteiger partial charge is 0.493 e. The quantitative estimate of drug-likeness (QED) is 0.470. The first-order valence-corrected chi connectivity index (χ1v) is 14.0. The van der Waals surface area contributed by atoms with E-state index in [1.54, 1.807) is 38.2 Å². The van der Waals surface area contributed by atoms with Gasteiger partial charge in [-0.25, -0.2) is 0 Å². The van der Waals surface area contributed by atoms with E-state index in [2.05, 4.69) is 5.32 Å². The zero-order chi connectivity index (χ0) is 30.2. The van der Waals surface area contributed by atoms with E-state index in [9.17, 15) is 19.2 Å². The fourth-order valence-corrected chi connectivity index (χ4v) is 4.80. The van der Waals surface area contributed by atoms with Crippen molar-refractivity contribution in [3.05, 3.63) is 17.7 Å². The number of nitrogens with two attached hydrogens (primary N) is 1. The predicted octanol–water partition coefficient (Wildman–Crippen LogP) is 2.81. The molecule has 0 aliphatic carbocycles. The van der Waals surface area contributed by atoms with E-state index in [1.165, 1.54) is 0 Å². The Hall–Kier alpha value is -3.50. The molecule has 4 amide bonds. The van der Waals surface area contributed by atoms with E-state index in [0.717, 1.165) is 31.2 Å². The molecule has 0 bridgehead atoms. The molecule has 0 aromatic heterocycles. The van der Waals surface area contributed by atoms with E-state index in [4.69, 9.17) is 19.9 Å². The molecule has 226 valence electrons. The highest BCUT2D eigenvalue weighted by atomic mass is 16.5. The van der Waals surface area contributed by atoms with Crippen LogP contribution in [0.5, 0.6) is 17.2 Å². The Balaban J connectivity index is 0.000000357. The third-order valence-electron chi connectivity index (χ3n) is 6.71. The number of carbonyl (C=O) groups is 4. The summed E-state index contributed by atoms with van der Waals surface area (Å²) in [6, 6.07) is 3.07. The molecule has 2 aliphatic rings. The number of nitrogens with zero attached hydrogens (tertiary/aromatic N) is 2. The minimum Gasteiger partial charge on any atom is -0.493 e. The summed E-state index contributed by atoms with van der Waals surface area (Å²) in [5, 5.41) is 2.62. The number of likely N-dealkylation sites (tertiary alicyclic amines) is 2. The number of likely N-dealkylation sites (N-methyl/N-ethyl adjacent to an activating group) is 1. The first-order valence-electron chi connectivity index (χ1n) is 14.0. The lowest BCUT2D eigenvalue weighted by Crippen LogP contribution is -2.52. The second-order valence-electron chi connectivity index (χ2n) is 9.72. The molecule has 2 heterocycles. The molecule has 11 heteroatoms. The Kier molecular flexibility index (Phi) is 15.5. The van der Waals surface area contributed by atoms with Gasteiger partial charge in [0, 0.05) is 33.0 Å². The van der Waals surface area contributed by atoms with Gasteiger partial charge in [-0.3, -0.25) is 19.2 Å². The smallest absolute Gasteiger partial charge is 0.246 e. The average Bonchev–Trinajstić information content (AvgIpc) is 3.63. The highest BCUT2D eigenvalue weighted by Crippen LogP contribution is 2.37. The molecule has 1 aromatic carbocycles. The number of nitrogens with one attached hydrogen (secondary N) is 1. The molecule has 0 saturated carbocycles. The summed E-state index contributed by atoms with van der Waals surface area (Å²) < 4.78 is 15.5. The Morgan fingerprint density at radius 2 is 1.40 bits per heavy atom. The second kappa shape index (κ2) is 18.0. The molecular weight excluding hydrogens is 516 g/mol. The van der Waals surface area contributed by atoms with Crippen molar-refractivity contribution in [1.82, 2.24) is 15.1 Å². The zero-order valence-corrected chi connectivity index (χ0v) is 25.2. The van der Waals surface area contributed by atoms with Gasteiger partial charge in [-0.2, -0.15) is 0 Å². The van der Waals surface area contributed by atoms with E-state index in [0.29, 0.717) is 56.0 Å².